The summed E-state index contributed by atoms with van der Waals surface area (Å²) in [5, 5.41) is 12.8. The lowest BCUT2D eigenvalue weighted by Gasteiger charge is -2.49. The van der Waals surface area contributed by atoms with Crippen molar-refractivity contribution in [2.45, 2.75) is 24.5 Å². The molecule has 2 N–H and O–H groups in total. The maximum Gasteiger partial charge on any atom is 0.352 e. The second kappa shape index (κ2) is 7.69. The summed E-state index contributed by atoms with van der Waals surface area (Å²) in [6.45, 7) is 0.962. The molecular formula is C16H15FN2O6S2. The van der Waals surface area contributed by atoms with Crippen LogP contribution in [-0.4, -0.2) is 57.5 Å². The Bertz CT molecular complexity index is 825. The highest BCUT2D eigenvalue weighted by atomic mass is 32.2. The van der Waals surface area contributed by atoms with Crippen molar-refractivity contribution in [2.75, 3.05) is 12.4 Å². The number of alkyl halides is 1. The number of esters is 1. The minimum atomic E-state index is -1.89. The van der Waals surface area contributed by atoms with Gasteiger partial charge in [0, 0.05) is 23.1 Å². The van der Waals surface area contributed by atoms with Gasteiger partial charge in [-0.05, 0) is 11.4 Å². The van der Waals surface area contributed by atoms with Crippen molar-refractivity contribution in [2.24, 2.45) is 0 Å². The van der Waals surface area contributed by atoms with Gasteiger partial charge in [0.05, 0.1) is 0 Å². The number of ether oxygens (including phenoxy) is 1. The Kier molecular flexibility index (Phi) is 5.51. The molecule has 1 saturated heterocycles. The van der Waals surface area contributed by atoms with E-state index in [4.69, 9.17) is 4.74 Å². The van der Waals surface area contributed by atoms with E-state index in [0.29, 0.717) is 5.57 Å². The Morgan fingerprint density at radius 2 is 2.22 bits per heavy atom. The SMILES string of the molecule is CC(=O)OCC1=C(C(=O)O)N2C(=O)[C@@H](NC(=O)C(F)c3cccs3)C2SC1. The zero-order valence-corrected chi connectivity index (χ0v) is 15.6. The van der Waals surface area contributed by atoms with Crippen molar-refractivity contribution >= 4 is 46.9 Å². The van der Waals surface area contributed by atoms with Crippen LogP contribution in [0.25, 0.3) is 0 Å². The quantitative estimate of drug-likeness (QED) is 0.529. The smallest absolute Gasteiger partial charge is 0.352 e. The number of thiophene rings is 1. The van der Waals surface area contributed by atoms with Gasteiger partial charge in [0.15, 0.2) is 0 Å². The van der Waals surface area contributed by atoms with Crippen LogP contribution in [-0.2, 0) is 23.9 Å². The first kappa shape index (κ1) is 19.4. The van der Waals surface area contributed by atoms with E-state index >= 15 is 0 Å². The van der Waals surface area contributed by atoms with Gasteiger partial charge in [0.25, 0.3) is 11.8 Å². The van der Waals surface area contributed by atoms with Crippen LogP contribution in [0.1, 0.15) is 18.0 Å². The van der Waals surface area contributed by atoms with E-state index in [2.05, 4.69) is 5.32 Å². The molecule has 3 rings (SSSR count). The Balaban J connectivity index is 1.72. The normalized spacial score (nSPS) is 22.6. The topological polar surface area (TPSA) is 113 Å². The van der Waals surface area contributed by atoms with Crippen LogP contribution in [0.4, 0.5) is 4.39 Å². The molecule has 3 heterocycles. The monoisotopic (exact) mass is 414 g/mol. The van der Waals surface area contributed by atoms with Crippen LogP contribution in [0, 0.1) is 0 Å². The molecule has 144 valence electrons. The molecule has 1 aromatic rings. The zero-order valence-electron chi connectivity index (χ0n) is 14.0. The summed E-state index contributed by atoms with van der Waals surface area (Å²) < 4.78 is 19.0. The van der Waals surface area contributed by atoms with Crippen LogP contribution in [0.15, 0.2) is 28.8 Å². The summed E-state index contributed by atoms with van der Waals surface area (Å²) in [6.07, 6.45) is -1.89. The number of nitrogens with one attached hydrogen (secondary N) is 1. The van der Waals surface area contributed by atoms with Crippen molar-refractivity contribution in [1.82, 2.24) is 10.2 Å². The molecule has 0 aliphatic carbocycles. The number of carbonyl (C=O) groups excluding carboxylic acids is 3. The Labute approximate surface area is 161 Å². The fraction of sp³-hybridized carbons (Fsp3) is 0.375. The highest BCUT2D eigenvalue weighted by Crippen LogP contribution is 2.40. The van der Waals surface area contributed by atoms with Crippen molar-refractivity contribution in [1.29, 1.82) is 0 Å². The largest absolute Gasteiger partial charge is 0.477 e. The number of amides is 2. The first-order chi connectivity index (χ1) is 12.8. The zero-order chi connectivity index (χ0) is 19.7. The second-order valence-corrected chi connectivity index (χ2v) is 7.90. The van der Waals surface area contributed by atoms with Gasteiger partial charge in [-0.2, -0.15) is 0 Å². The maximum atomic E-state index is 14.2. The van der Waals surface area contributed by atoms with Gasteiger partial charge >= 0.3 is 11.9 Å². The summed E-state index contributed by atoms with van der Waals surface area (Å²) in [4.78, 5) is 48.3. The molecule has 2 aliphatic heterocycles. The van der Waals surface area contributed by atoms with Gasteiger partial charge < -0.3 is 15.2 Å². The van der Waals surface area contributed by atoms with Crippen LogP contribution >= 0.6 is 23.1 Å². The number of hydrogen-bond donors (Lipinski definition) is 2. The molecule has 2 unspecified atom stereocenters. The lowest BCUT2D eigenvalue weighted by molar-refractivity contribution is -0.151. The molecule has 27 heavy (non-hydrogen) atoms. The van der Waals surface area contributed by atoms with E-state index in [1.165, 1.54) is 24.8 Å². The summed E-state index contributed by atoms with van der Waals surface area (Å²) in [7, 11) is 0. The third kappa shape index (κ3) is 3.69. The van der Waals surface area contributed by atoms with Crippen LogP contribution in [0.3, 0.4) is 0 Å². The Morgan fingerprint density at radius 1 is 1.48 bits per heavy atom. The van der Waals surface area contributed by atoms with E-state index in [9.17, 15) is 28.7 Å². The molecule has 0 saturated carbocycles. The van der Waals surface area contributed by atoms with Crippen molar-refractivity contribution < 1.29 is 33.4 Å². The van der Waals surface area contributed by atoms with Gasteiger partial charge in [0.2, 0.25) is 6.17 Å². The Hall–Kier alpha value is -2.40. The number of nitrogens with zero attached hydrogens (tertiary/aromatic N) is 1. The van der Waals surface area contributed by atoms with Crippen LogP contribution in [0.2, 0.25) is 0 Å². The molecular weight excluding hydrogens is 399 g/mol. The number of fused-ring (bicyclic) bond motifs is 1. The lowest BCUT2D eigenvalue weighted by atomic mass is 10.0. The first-order valence-electron chi connectivity index (χ1n) is 7.82. The van der Waals surface area contributed by atoms with Crippen LogP contribution < -0.4 is 5.32 Å². The van der Waals surface area contributed by atoms with Gasteiger partial charge in [-0.15, -0.1) is 23.1 Å². The van der Waals surface area contributed by atoms with E-state index in [1.807, 2.05) is 0 Å². The number of thioether (sulfide) groups is 1. The van der Waals surface area contributed by atoms with Gasteiger partial charge in [-0.1, -0.05) is 6.07 Å². The molecule has 3 atom stereocenters. The van der Waals surface area contributed by atoms with E-state index in [-0.39, 0.29) is 22.9 Å². The number of carbonyl (C=O) groups is 4. The number of aliphatic carboxylic acids is 1. The number of halogens is 1. The van der Waals surface area contributed by atoms with Gasteiger partial charge in [-0.25, -0.2) is 9.18 Å². The fourth-order valence-corrected chi connectivity index (χ4v) is 4.80. The molecule has 1 aromatic heterocycles. The van der Waals surface area contributed by atoms with Crippen LogP contribution in [0.5, 0.6) is 0 Å². The molecule has 2 aliphatic rings. The molecule has 2 amide bonds. The maximum absolute atomic E-state index is 14.2. The highest BCUT2D eigenvalue weighted by molar-refractivity contribution is 8.00. The summed E-state index contributed by atoms with van der Waals surface area (Å²) in [6, 6.07) is 2.08. The molecule has 0 bridgehead atoms. The fourth-order valence-electron chi connectivity index (χ4n) is 2.77. The molecule has 8 nitrogen and oxygen atoms in total. The first-order valence-corrected chi connectivity index (χ1v) is 9.75. The molecule has 0 radical (unpaired) electrons. The second-order valence-electron chi connectivity index (χ2n) is 5.81. The Morgan fingerprint density at radius 3 is 2.81 bits per heavy atom. The van der Waals surface area contributed by atoms with Gasteiger partial charge in [-0.3, -0.25) is 19.3 Å². The number of rotatable bonds is 6. The minimum Gasteiger partial charge on any atom is -0.477 e. The van der Waals surface area contributed by atoms with E-state index < -0.39 is 41.3 Å². The summed E-state index contributed by atoms with van der Waals surface area (Å²) >= 11 is 2.30. The third-order valence-electron chi connectivity index (χ3n) is 4.02. The average Bonchev–Trinajstić information content (AvgIpc) is 3.16. The molecule has 11 heteroatoms. The van der Waals surface area contributed by atoms with Crippen molar-refractivity contribution in [3.63, 3.8) is 0 Å². The molecule has 0 aromatic carbocycles. The third-order valence-corrected chi connectivity index (χ3v) is 6.27. The lowest BCUT2D eigenvalue weighted by Crippen LogP contribution is -2.70. The highest BCUT2D eigenvalue weighted by Gasteiger charge is 2.54. The predicted molar refractivity (Wildman–Crippen MR) is 94.5 cm³/mol. The van der Waals surface area contributed by atoms with E-state index in [0.717, 1.165) is 16.2 Å². The van der Waals surface area contributed by atoms with E-state index in [1.54, 1.807) is 11.4 Å². The van der Waals surface area contributed by atoms with Crippen molar-refractivity contribution in [3.05, 3.63) is 33.7 Å². The summed E-state index contributed by atoms with van der Waals surface area (Å²) in [5.41, 5.74) is 0.0320. The number of β-lactam (4-membered cyclic amide) rings is 1. The molecule has 1 fully saturated rings. The van der Waals surface area contributed by atoms with Crippen molar-refractivity contribution in [3.8, 4) is 0 Å². The van der Waals surface area contributed by atoms with Gasteiger partial charge in [0.1, 0.15) is 23.7 Å². The number of carboxylic acid groups (broad SMARTS) is 1. The average molecular weight is 414 g/mol. The number of hydrogen-bond acceptors (Lipinski definition) is 7. The number of carboxylic acids is 1. The molecule has 0 spiro atoms. The standard InChI is InChI=1S/C16H15FN2O6S2/c1-7(20)25-5-8-6-27-15-11(14(22)19(15)12(8)16(23)24)18-13(21)10(17)9-3-2-4-26-9/h2-4,10-11,15H,5-6H2,1H3,(H,18,21)(H,23,24)/t10?,11-,15?/m1/s1. The predicted octanol–water partition coefficient (Wildman–Crippen LogP) is 1.06. The minimum absolute atomic E-state index is 0.208. The summed E-state index contributed by atoms with van der Waals surface area (Å²) in [5.74, 6) is -3.27.